The lowest BCUT2D eigenvalue weighted by Crippen LogP contribution is -2.07. The summed E-state index contributed by atoms with van der Waals surface area (Å²) in [5.41, 5.74) is 0. The predicted molar refractivity (Wildman–Crippen MR) is 35.6 cm³/mol. The highest BCUT2D eigenvalue weighted by Gasteiger charge is 2.36. The Balaban J connectivity index is 2.07. The molecule has 0 aromatic heterocycles. The van der Waals surface area contributed by atoms with Crippen molar-refractivity contribution in [2.45, 2.75) is 32.5 Å². The zero-order valence-corrected chi connectivity index (χ0v) is 6.29. The second-order valence-electron chi connectivity index (χ2n) is 2.39. The van der Waals surface area contributed by atoms with E-state index in [0.29, 0.717) is 13.0 Å². The summed E-state index contributed by atoms with van der Waals surface area (Å²) in [7, 11) is 0. The van der Waals surface area contributed by atoms with Crippen LogP contribution in [0.1, 0.15) is 20.3 Å². The van der Waals surface area contributed by atoms with Crippen LogP contribution in [0.15, 0.2) is 0 Å². The molecule has 0 radical (unpaired) electrons. The molecule has 3 nitrogen and oxygen atoms in total. The smallest absolute Gasteiger partial charge is 0.308 e. The largest absolute Gasteiger partial charge is 0.466 e. The maximum atomic E-state index is 10.7. The van der Waals surface area contributed by atoms with Crippen LogP contribution in [-0.2, 0) is 14.3 Å². The van der Waals surface area contributed by atoms with Crippen molar-refractivity contribution in [2.75, 3.05) is 6.61 Å². The average Bonchev–Trinajstić information content (AvgIpc) is 2.47. The molecule has 1 rings (SSSR count). The molecule has 1 aliphatic heterocycles. The molecule has 1 aliphatic rings. The standard InChI is InChI=1S/C7H12O3/c1-3-9-7(8)4-6-5(2)10-6/h5-6H,3-4H2,1-2H3/t5-,6+/m1/s1. The molecule has 1 fully saturated rings. The number of esters is 1. The summed E-state index contributed by atoms with van der Waals surface area (Å²) in [5.74, 6) is -0.156. The Morgan fingerprint density at radius 2 is 2.30 bits per heavy atom. The lowest BCUT2D eigenvalue weighted by atomic mass is 10.2. The van der Waals surface area contributed by atoms with Crippen LogP contribution in [0.25, 0.3) is 0 Å². The number of ether oxygens (including phenoxy) is 2. The van der Waals surface area contributed by atoms with E-state index < -0.39 is 0 Å². The zero-order chi connectivity index (χ0) is 7.56. The molecule has 1 saturated heterocycles. The molecule has 10 heavy (non-hydrogen) atoms. The van der Waals surface area contributed by atoms with Gasteiger partial charge in [0, 0.05) is 0 Å². The third-order valence-corrected chi connectivity index (χ3v) is 1.51. The maximum absolute atomic E-state index is 10.7. The van der Waals surface area contributed by atoms with Gasteiger partial charge in [0.25, 0.3) is 0 Å². The minimum atomic E-state index is -0.156. The minimum Gasteiger partial charge on any atom is -0.466 e. The molecule has 0 amide bonds. The average molecular weight is 144 g/mol. The lowest BCUT2D eigenvalue weighted by molar-refractivity contribution is -0.143. The van der Waals surface area contributed by atoms with E-state index in [4.69, 9.17) is 9.47 Å². The van der Waals surface area contributed by atoms with E-state index in [9.17, 15) is 4.79 Å². The second kappa shape index (κ2) is 3.01. The Bertz CT molecular complexity index is 133. The van der Waals surface area contributed by atoms with Crippen molar-refractivity contribution in [3.05, 3.63) is 0 Å². The summed E-state index contributed by atoms with van der Waals surface area (Å²) < 4.78 is 9.76. The summed E-state index contributed by atoms with van der Waals surface area (Å²) in [6.07, 6.45) is 0.790. The van der Waals surface area contributed by atoms with E-state index in [0.717, 1.165) is 0 Å². The summed E-state index contributed by atoms with van der Waals surface area (Å²) in [4.78, 5) is 10.7. The Morgan fingerprint density at radius 3 is 2.70 bits per heavy atom. The highest BCUT2D eigenvalue weighted by molar-refractivity contribution is 5.70. The number of hydrogen-bond acceptors (Lipinski definition) is 3. The van der Waals surface area contributed by atoms with Crippen molar-refractivity contribution in [3.63, 3.8) is 0 Å². The summed E-state index contributed by atoms with van der Waals surface area (Å²) in [6, 6.07) is 0. The monoisotopic (exact) mass is 144 g/mol. The van der Waals surface area contributed by atoms with Crippen molar-refractivity contribution in [2.24, 2.45) is 0 Å². The molecule has 3 heteroatoms. The normalized spacial score (nSPS) is 29.8. The van der Waals surface area contributed by atoms with Gasteiger partial charge in [-0.15, -0.1) is 0 Å². The maximum Gasteiger partial charge on any atom is 0.308 e. The lowest BCUT2D eigenvalue weighted by Gasteiger charge is -1.96. The van der Waals surface area contributed by atoms with Gasteiger partial charge in [-0.2, -0.15) is 0 Å². The fourth-order valence-corrected chi connectivity index (χ4v) is 0.829. The molecule has 1 heterocycles. The molecule has 0 N–H and O–H groups in total. The van der Waals surface area contributed by atoms with E-state index in [1.54, 1.807) is 6.92 Å². The van der Waals surface area contributed by atoms with Crippen LogP contribution >= 0.6 is 0 Å². The summed E-state index contributed by atoms with van der Waals surface area (Å²) in [5, 5.41) is 0. The predicted octanol–water partition coefficient (Wildman–Crippen LogP) is 0.727. The van der Waals surface area contributed by atoms with Crippen LogP contribution in [0.2, 0.25) is 0 Å². The Labute approximate surface area is 60.3 Å². The third-order valence-electron chi connectivity index (χ3n) is 1.51. The van der Waals surface area contributed by atoms with Gasteiger partial charge in [-0.1, -0.05) is 0 Å². The van der Waals surface area contributed by atoms with Gasteiger partial charge in [-0.05, 0) is 13.8 Å². The molecule has 2 atom stereocenters. The number of carbonyl (C=O) groups excluding carboxylic acids is 1. The van der Waals surface area contributed by atoms with Crippen molar-refractivity contribution in [1.29, 1.82) is 0 Å². The summed E-state index contributed by atoms with van der Waals surface area (Å²) in [6.45, 7) is 4.21. The Morgan fingerprint density at radius 1 is 1.70 bits per heavy atom. The van der Waals surface area contributed by atoms with E-state index in [1.165, 1.54) is 0 Å². The number of hydrogen-bond donors (Lipinski definition) is 0. The molecule has 0 spiro atoms. The molecule has 0 aromatic carbocycles. The highest BCUT2D eigenvalue weighted by atomic mass is 16.6. The van der Waals surface area contributed by atoms with Crippen LogP contribution in [0.4, 0.5) is 0 Å². The Kier molecular flexibility index (Phi) is 2.27. The number of epoxide rings is 1. The fourth-order valence-electron chi connectivity index (χ4n) is 0.829. The van der Waals surface area contributed by atoms with Gasteiger partial charge in [-0.3, -0.25) is 4.79 Å². The van der Waals surface area contributed by atoms with Gasteiger partial charge in [0.1, 0.15) is 0 Å². The first-order valence-electron chi connectivity index (χ1n) is 3.55. The van der Waals surface area contributed by atoms with Crippen molar-refractivity contribution in [3.8, 4) is 0 Å². The summed E-state index contributed by atoms with van der Waals surface area (Å²) >= 11 is 0. The minimum absolute atomic E-state index is 0.124. The van der Waals surface area contributed by atoms with E-state index in [-0.39, 0.29) is 18.2 Å². The first-order chi connectivity index (χ1) is 4.74. The molecular formula is C7H12O3. The van der Waals surface area contributed by atoms with Crippen LogP contribution in [0.3, 0.4) is 0 Å². The van der Waals surface area contributed by atoms with E-state index in [2.05, 4.69) is 0 Å². The molecular weight excluding hydrogens is 132 g/mol. The van der Waals surface area contributed by atoms with Crippen LogP contribution < -0.4 is 0 Å². The van der Waals surface area contributed by atoms with E-state index in [1.807, 2.05) is 6.92 Å². The van der Waals surface area contributed by atoms with Gasteiger partial charge in [0.15, 0.2) is 0 Å². The number of carbonyl (C=O) groups is 1. The zero-order valence-electron chi connectivity index (χ0n) is 6.29. The van der Waals surface area contributed by atoms with Crippen LogP contribution in [-0.4, -0.2) is 24.8 Å². The first-order valence-corrected chi connectivity index (χ1v) is 3.55. The molecule has 0 aromatic rings. The van der Waals surface area contributed by atoms with Crippen LogP contribution in [0.5, 0.6) is 0 Å². The second-order valence-corrected chi connectivity index (χ2v) is 2.39. The van der Waals surface area contributed by atoms with Gasteiger partial charge in [0.2, 0.25) is 0 Å². The molecule has 0 aliphatic carbocycles. The van der Waals surface area contributed by atoms with Crippen molar-refractivity contribution < 1.29 is 14.3 Å². The molecule has 0 saturated carbocycles. The Hall–Kier alpha value is -0.570. The van der Waals surface area contributed by atoms with Gasteiger partial charge < -0.3 is 9.47 Å². The highest BCUT2D eigenvalue weighted by Crippen LogP contribution is 2.24. The van der Waals surface area contributed by atoms with E-state index >= 15 is 0 Å². The van der Waals surface area contributed by atoms with Gasteiger partial charge >= 0.3 is 5.97 Å². The van der Waals surface area contributed by atoms with Gasteiger partial charge in [0.05, 0.1) is 25.2 Å². The third kappa shape index (κ3) is 1.99. The number of rotatable bonds is 3. The van der Waals surface area contributed by atoms with Crippen LogP contribution in [0, 0.1) is 0 Å². The molecule has 0 bridgehead atoms. The van der Waals surface area contributed by atoms with Crippen molar-refractivity contribution >= 4 is 5.97 Å². The molecule has 58 valence electrons. The van der Waals surface area contributed by atoms with Crippen molar-refractivity contribution in [1.82, 2.24) is 0 Å². The SMILES string of the molecule is CCOC(=O)C[C@@H]1O[C@@H]1C. The molecule has 0 unspecified atom stereocenters. The topological polar surface area (TPSA) is 38.8 Å². The van der Waals surface area contributed by atoms with Gasteiger partial charge in [-0.25, -0.2) is 0 Å². The quantitative estimate of drug-likeness (QED) is 0.433. The first kappa shape index (κ1) is 7.54. The fraction of sp³-hybridized carbons (Fsp3) is 0.857.